The molecule has 0 fully saturated rings. The molecule has 0 saturated carbocycles. The summed E-state index contributed by atoms with van der Waals surface area (Å²) in [6, 6.07) is 6.28. The summed E-state index contributed by atoms with van der Waals surface area (Å²) in [6.45, 7) is 7.99. The summed E-state index contributed by atoms with van der Waals surface area (Å²) in [7, 11) is -1.09. The Balaban J connectivity index is 2.08. The van der Waals surface area contributed by atoms with Gasteiger partial charge in [-0.05, 0) is 18.2 Å². The molecule has 0 radical (unpaired) electrons. The van der Waals surface area contributed by atoms with E-state index in [2.05, 4.69) is 24.7 Å². The lowest BCUT2D eigenvalue weighted by molar-refractivity contribution is 0.0698. The Kier molecular flexibility index (Phi) is 4.25. The fraction of sp³-hybridized carbons (Fsp3) is 0.429. The molecule has 0 spiro atoms. The van der Waals surface area contributed by atoms with E-state index in [0.29, 0.717) is 12.1 Å². The van der Waals surface area contributed by atoms with Gasteiger partial charge in [0.05, 0.1) is 17.3 Å². The second-order valence-electron chi connectivity index (χ2n) is 6.04. The molecule has 108 valence electrons. The number of hydrogen-bond acceptors (Lipinski definition) is 3. The second kappa shape index (κ2) is 5.76. The number of carbonyl (C=O) groups is 1. The minimum atomic E-state index is -1.09. The third-order valence-electron chi connectivity index (χ3n) is 3.13. The first-order valence-corrected chi connectivity index (χ1v) is 10.3. The van der Waals surface area contributed by atoms with Crippen molar-refractivity contribution in [3.05, 3.63) is 30.0 Å². The molecule has 2 rings (SSSR count). The van der Waals surface area contributed by atoms with E-state index < -0.39 is 14.0 Å². The van der Waals surface area contributed by atoms with E-state index in [4.69, 9.17) is 9.84 Å². The van der Waals surface area contributed by atoms with Crippen molar-refractivity contribution in [3.63, 3.8) is 0 Å². The predicted molar refractivity (Wildman–Crippen MR) is 80.8 cm³/mol. The monoisotopic (exact) mass is 292 g/mol. The lowest BCUT2D eigenvalue weighted by Gasteiger charge is -2.15. The fourth-order valence-corrected chi connectivity index (χ4v) is 2.68. The van der Waals surface area contributed by atoms with Crippen LogP contribution in [0.1, 0.15) is 10.4 Å². The zero-order valence-corrected chi connectivity index (χ0v) is 13.1. The van der Waals surface area contributed by atoms with Gasteiger partial charge in [0, 0.05) is 20.1 Å². The Morgan fingerprint density at radius 3 is 2.80 bits per heavy atom. The summed E-state index contributed by atoms with van der Waals surface area (Å²) in [4.78, 5) is 11.1. The van der Waals surface area contributed by atoms with Crippen molar-refractivity contribution in [2.45, 2.75) is 32.4 Å². The highest BCUT2D eigenvalue weighted by molar-refractivity contribution is 6.76. The SMILES string of the molecule is C[Si](C)(C)CCOCn1ncc2c(C(=O)O)cccc21. The van der Waals surface area contributed by atoms with Gasteiger partial charge in [-0.15, -0.1) is 0 Å². The quantitative estimate of drug-likeness (QED) is 0.656. The van der Waals surface area contributed by atoms with Gasteiger partial charge in [0.15, 0.2) is 0 Å². The van der Waals surface area contributed by atoms with Crippen LogP contribution in [0.4, 0.5) is 0 Å². The molecule has 0 saturated heterocycles. The number of ether oxygens (including phenoxy) is 1. The highest BCUT2D eigenvalue weighted by atomic mass is 28.3. The lowest BCUT2D eigenvalue weighted by atomic mass is 10.1. The zero-order valence-electron chi connectivity index (χ0n) is 12.1. The van der Waals surface area contributed by atoms with Gasteiger partial charge in [-0.3, -0.25) is 0 Å². The van der Waals surface area contributed by atoms with E-state index >= 15 is 0 Å². The van der Waals surface area contributed by atoms with Crippen LogP contribution in [0.2, 0.25) is 25.7 Å². The van der Waals surface area contributed by atoms with E-state index in [1.165, 1.54) is 0 Å². The average Bonchev–Trinajstić information content (AvgIpc) is 2.76. The number of fused-ring (bicyclic) bond motifs is 1. The number of rotatable bonds is 6. The molecule has 20 heavy (non-hydrogen) atoms. The van der Waals surface area contributed by atoms with Crippen LogP contribution >= 0.6 is 0 Å². The highest BCUT2D eigenvalue weighted by Crippen LogP contribution is 2.18. The van der Waals surface area contributed by atoms with Crippen LogP contribution in [0.3, 0.4) is 0 Å². The van der Waals surface area contributed by atoms with Gasteiger partial charge < -0.3 is 9.84 Å². The van der Waals surface area contributed by atoms with Crippen molar-refractivity contribution >= 4 is 24.9 Å². The van der Waals surface area contributed by atoms with E-state index in [1.54, 1.807) is 23.0 Å². The Bertz CT molecular complexity index is 616. The molecule has 1 heterocycles. The molecule has 1 aromatic heterocycles. The van der Waals surface area contributed by atoms with Crippen molar-refractivity contribution in [3.8, 4) is 0 Å². The molecule has 0 atom stereocenters. The number of aromatic carboxylic acids is 1. The molecule has 0 amide bonds. The summed E-state index contributed by atoms with van der Waals surface area (Å²) < 4.78 is 7.35. The van der Waals surface area contributed by atoms with Gasteiger partial charge in [-0.1, -0.05) is 25.7 Å². The van der Waals surface area contributed by atoms with Gasteiger partial charge in [-0.2, -0.15) is 5.10 Å². The standard InChI is InChI=1S/C14H20N2O3Si/c1-20(2,3)8-7-19-10-16-13-6-4-5-11(14(17)18)12(13)9-15-16/h4-6,9H,7-8,10H2,1-3H3,(H,17,18). The molecule has 0 aliphatic heterocycles. The maximum atomic E-state index is 11.1. The number of carboxylic acids is 1. The molecule has 0 unspecified atom stereocenters. The fourth-order valence-electron chi connectivity index (χ4n) is 1.92. The summed E-state index contributed by atoms with van der Waals surface area (Å²) in [5.41, 5.74) is 1.06. The van der Waals surface area contributed by atoms with Crippen molar-refractivity contribution < 1.29 is 14.6 Å². The van der Waals surface area contributed by atoms with Gasteiger partial charge in [0.2, 0.25) is 0 Å². The van der Waals surface area contributed by atoms with Gasteiger partial charge >= 0.3 is 5.97 Å². The molecule has 5 nitrogen and oxygen atoms in total. The Morgan fingerprint density at radius 2 is 2.15 bits per heavy atom. The van der Waals surface area contributed by atoms with E-state index in [0.717, 1.165) is 18.2 Å². The Labute approximate surface area is 119 Å². The van der Waals surface area contributed by atoms with Crippen LogP contribution < -0.4 is 0 Å². The molecule has 0 aliphatic rings. The molecule has 0 aliphatic carbocycles. The van der Waals surface area contributed by atoms with Crippen molar-refractivity contribution in [2.24, 2.45) is 0 Å². The summed E-state index contributed by atoms with van der Waals surface area (Å²) in [5.74, 6) is -0.935. The maximum absolute atomic E-state index is 11.1. The molecular formula is C14H20N2O3Si. The first-order chi connectivity index (χ1) is 9.38. The number of hydrogen-bond donors (Lipinski definition) is 1. The van der Waals surface area contributed by atoms with Crippen LogP contribution in [-0.2, 0) is 11.5 Å². The van der Waals surface area contributed by atoms with E-state index in [1.807, 2.05) is 6.07 Å². The Hall–Kier alpha value is -1.66. The van der Waals surface area contributed by atoms with Crippen molar-refractivity contribution in [1.82, 2.24) is 9.78 Å². The molecule has 2 aromatic rings. The normalized spacial score (nSPS) is 11.9. The van der Waals surface area contributed by atoms with Crippen molar-refractivity contribution in [1.29, 1.82) is 0 Å². The molecule has 6 heteroatoms. The van der Waals surface area contributed by atoms with Gasteiger partial charge in [0.25, 0.3) is 0 Å². The first-order valence-electron chi connectivity index (χ1n) is 6.64. The molecule has 1 aromatic carbocycles. The predicted octanol–water partition coefficient (Wildman–Crippen LogP) is 3.05. The third kappa shape index (κ3) is 3.46. The van der Waals surface area contributed by atoms with Crippen LogP contribution in [0.5, 0.6) is 0 Å². The number of aromatic nitrogens is 2. The van der Waals surface area contributed by atoms with E-state index in [9.17, 15) is 4.79 Å². The molecule has 0 bridgehead atoms. The average molecular weight is 292 g/mol. The number of carboxylic acid groups (broad SMARTS) is 1. The second-order valence-corrected chi connectivity index (χ2v) is 11.7. The minimum absolute atomic E-state index is 0.274. The summed E-state index contributed by atoms with van der Waals surface area (Å²) in [5, 5.41) is 14.0. The molecular weight excluding hydrogens is 272 g/mol. The van der Waals surface area contributed by atoms with Crippen molar-refractivity contribution in [2.75, 3.05) is 6.61 Å². The molecule has 1 N–H and O–H groups in total. The third-order valence-corrected chi connectivity index (χ3v) is 4.83. The smallest absolute Gasteiger partial charge is 0.336 e. The van der Waals surface area contributed by atoms with Gasteiger partial charge in [-0.25, -0.2) is 9.48 Å². The van der Waals surface area contributed by atoms with Crippen LogP contribution in [0.25, 0.3) is 10.9 Å². The van der Waals surface area contributed by atoms with E-state index in [-0.39, 0.29) is 5.56 Å². The topological polar surface area (TPSA) is 64.4 Å². The largest absolute Gasteiger partial charge is 0.478 e. The summed E-state index contributed by atoms with van der Waals surface area (Å²) in [6.07, 6.45) is 1.58. The maximum Gasteiger partial charge on any atom is 0.336 e. The number of nitrogens with zero attached hydrogens (tertiary/aromatic N) is 2. The Morgan fingerprint density at radius 1 is 1.40 bits per heavy atom. The lowest BCUT2D eigenvalue weighted by Crippen LogP contribution is -2.22. The highest BCUT2D eigenvalue weighted by Gasteiger charge is 2.13. The minimum Gasteiger partial charge on any atom is -0.478 e. The number of benzene rings is 1. The van der Waals surface area contributed by atoms with Crippen LogP contribution in [-0.4, -0.2) is 35.5 Å². The zero-order chi connectivity index (χ0) is 14.8. The van der Waals surface area contributed by atoms with Crippen LogP contribution in [0.15, 0.2) is 24.4 Å². The van der Waals surface area contributed by atoms with Gasteiger partial charge in [0.1, 0.15) is 6.73 Å². The first kappa shape index (κ1) is 14.7. The summed E-state index contributed by atoms with van der Waals surface area (Å²) >= 11 is 0. The van der Waals surface area contributed by atoms with Crippen LogP contribution in [0, 0.1) is 0 Å².